The van der Waals surface area contributed by atoms with Crippen LogP contribution < -0.4 is 15.4 Å². The molecule has 0 spiro atoms. The molecule has 4 atom stereocenters. The average Bonchev–Trinajstić information content (AvgIpc) is 4.08. The number of unbranched alkanes of at least 4 members (excludes halogenated alkanes) is 2. The Bertz CT molecular complexity index is 1740. The van der Waals surface area contributed by atoms with Crippen molar-refractivity contribution in [3.8, 4) is 16.9 Å². The van der Waals surface area contributed by atoms with Gasteiger partial charge in [-0.3, -0.25) is 4.98 Å². The van der Waals surface area contributed by atoms with Crippen molar-refractivity contribution in [2.45, 2.75) is 92.5 Å². The van der Waals surface area contributed by atoms with E-state index in [1.165, 1.54) is 6.07 Å². The van der Waals surface area contributed by atoms with Crippen LogP contribution in [0.5, 0.6) is 5.75 Å². The van der Waals surface area contributed by atoms with Crippen LogP contribution in [-0.4, -0.2) is 101 Å². The van der Waals surface area contributed by atoms with Crippen molar-refractivity contribution in [3.63, 3.8) is 0 Å². The molecule has 2 aliphatic carbocycles. The van der Waals surface area contributed by atoms with Crippen LogP contribution in [0.3, 0.4) is 0 Å². The monoisotopic (exact) mass is 747 g/mol. The van der Waals surface area contributed by atoms with Crippen molar-refractivity contribution < 1.29 is 48.2 Å². The molecule has 1 aromatic heterocycles. The fourth-order valence-electron chi connectivity index (χ4n) is 5.77. The van der Waals surface area contributed by atoms with Crippen LogP contribution in [0.15, 0.2) is 65.8 Å². The summed E-state index contributed by atoms with van der Waals surface area (Å²) in [6.45, 7) is -1.24. The number of pyridine rings is 1. The zero-order valence-corrected chi connectivity index (χ0v) is 29.7. The number of para-hydroxylation sites is 1. The van der Waals surface area contributed by atoms with E-state index in [1.807, 2.05) is 36.5 Å². The lowest BCUT2D eigenvalue weighted by Crippen LogP contribution is -2.56. The Morgan fingerprint density at radius 1 is 0.980 bits per heavy atom. The summed E-state index contributed by atoms with van der Waals surface area (Å²) >= 11 is 6.52. The van der Waals surface area contributed by atoms with Gasteiger partial charge in [-0.2, -0.15) is 0 Å². The molecule has 0 unspecified atom stereocenters. The summed E-state index contributed by atoms with van der Waals surface area (Å²) < 4.78 is 39.2. The number of nitrogens with zero attached hydrogens (tertiary/aromatic N) is 1. The molecule has 2 amide bonds. The molecule has 5 rings (SSSR count). The van der Waals surface area contributed by atoms with E-state index in [2.05, 4.69) is 15.6 Å². The lowest BCUT2D eigenvalue weighted by molar-refractivity contribution is -0.0902. The number of carbonyl (C=O) groups excluding carboxylic acids is 1. The molecule has 15 heteroatoms. The summed E-state index contributed by atoms with van der Waals surface area (Å²) in [6.07, 6.45) is 3.61. The van der Waals surface area contributed by atoms with E-state index >= 15 is 0 Å². The number of carbonyl (C=O) groups is 1. The predicted molar refractivity (Wildman–Crippen MR) is 189 cm³/mol. The topological polar surface area (TPSA) is 208 Å². The molecule has 13 nitrogen and oxygen atoms in total. The van der Waals surface area contributed by atoms with Gasteiger partial charge in [0, 0.05) is 35.1 Å². The van der Waals surface area contributed by atoms with Gasteiger partial charge in [0.1, 0.15) is 24.1 Å². The number of nitrogens with one attached hydrogen (secondary N) is 2. The van der Waals surface area contributed by atoms with E-state index in [-0.39, 0.29) is 29.9 Å². The SMILES string of the molecule is O=C(NCCCCCS(=O)(=O)c1ccc(Cl)c(COC2(c3cnccc3-c3ccccc3OC3CC3)CC2)c1)N[C@H](CO)[C@H](O)[C@@H](O)[C@@H](O)CO. The molecule has 7 N–H and O–H groups in total. The first-order valence-electron chi connectivity index (χ1n) is 17.1. The molecule has 2 saturated carbocycles. The van der Waals surface area contributed by atoms with E-state index < -0.39 is 59.0 Å². The maximum Gasteiger partial charge on any atom is 0.315 e. The second-order valence-corrected chi connectivity index (χ2v) is 15.6. The highest BCUT2D eigenvalue weighted by Gasteiger charge is 2.48. The highest BCUT2D eigenvalue weighted by atomic mass is 35.5. The fourth-order valence-corrected chi connectivity index (χ4v) is 7.36. The lowest BCUT2D eigenvalue weighted by atomic mass is 9.96. The van der Waals surface area contributed by atoms with Gasteiger partial charge in [-0.15, -0.1) is 0 Å². The Morgan fingerprint density at radius 3 is 2.45 bits per heavy atom. The second kappa shape index (κ2) is 17.5. The van der Waals surface area contributed by atoms with Crippen LogP contribution in [0.2, 0.25) is 5.02 Å². The minimum absolute atomic E-state index is 0.111. The zero-order valence-electron chi connectivity index (χ0n) is 28.2. The number of aliphatic hydroxyl groups excluding tert-OH is 5. The third-order valence-corrected chi connectivity index (χ3v) is 11.3. The molecule has 0 bridgehead atoms. The van der Waals surface area contributed by atoms with Crippen LogP contribution in [-0.2, 0) is 26.8 Å². The van der Waals surface area contributed by atoms with Gasteiger partial charge in [0.15, 0.2) is 9.84 Å². The molecule has 1 heterocycles. The molecule has 51 heavy (non-hydrogen) atoms. The normalized spacial score (nSPS) is 17.6. The van der Waals surface area contributed by atoms with Crippen molar-refractivity contribution in [2.75, 3.05) is 25.5 Å². The standard InChI is InChI=1S/C36H46ClN3O10S/c37-29-11-10-25(51(47,48)17-5-1-4-15-39-35(46)40-30(20-41)33(44)34(45)31(43)21-42)18-23(29)22-49-36(13-14-36)28-19-38-16-12-26(28)27-6-2-3-7-32(27)50-24-8-9-24/h2-3,6-7,10-12,16,18-19,24,30-31,33-34,41-45H,1,4-5,8-9,13-15,17,20-22H2,(H2,39,40,46)/t30-,31+,33+,34+/m1/s1. The van der Waals surface area contributed by atoms with Gasteiger partial charge < -0.3 is 45.6 Å². The maximum absolute atomic E-state index is 13.2. The maximum atomic E-state index is 13.2. The Morgan fingerprint density at radius 2 is 1.75 bits per heavy atom. The fraction of sp³-hybridized carbons (Fsp3) is 0.500. The van der Waals surface area contributed by atoms with E-state index in [9.17, 15) is 33.6 Å². The molecule has 3 aromatic rings. The van der Waals surface area contributed by atoms with Crippen molar-refractivity contribution in [1.82, 2.24) is 15.6 Å². The molecule has 0 saturated heterocycles. The predicted octanol–water partition coefficient (Wildman–Crippen LogP) is 2.83. The van der Waals surface area contributed by atoms with Gasteiger partial charge in [0.2, 0.25) is 0 Å². The molecule has 278 valence electrons. The van der Waals surface area contributed by atoms with Crippen LogP contribution in [0.4, 0.5) is 4.79 Å². The highest BCUT2D eigenvalue weighted by molar-refractivity contribution is 7.91. The number of rotatable bonds is 20. The van der Waals surface area contributed by atoms with Crippen LogP contribution in [0.1, 0.15) is 56.1 Å². The number of ether oxygens (including phenoxy) is 2. The molecule has 2 fully saturated rings. The molecule has 2 aromatic carbocycles. The zero-order chi connectivity index (χ0) is 36.6. The van der Waals surface area contributed by atoms with E-state index in [0.29, 0.717) is 29.8 Å². The number of sulfone groups is 1. The van der Waals surface area contributed by atoms with Crippen LogP contribution >= 0.6 is 11.6 Å². The second-order valence-electron chi connectivity index (χ2n) is 13.1. The van der Waals surface area contributed by atoms with Crippen molar-refractivity contribution in [1.29, 1.82) is 0 Å². The third kappa shape index (κ3) is 10.2. The first-order chi connectivity index (χ1) is 24.5. The number of urea groups is 1. The largest absolute Gasteiger partial charge is 0.490 e. The number of hydrogen-bond acceptors (Lipinski definition) is 11. The highest BCUT2D eigenvalue weighted by Crippen LogP contribution is 2.53. The number of amides is 2. The molecule has 0 aliphatic heterocycles. The van der Waals surface area contributed by atoms with Gasteiger partial charge in [0.05, 0.1) is 48.2 Å². The Hall–Kier alpha value is -3.34. The first kappa shape index (κ1) is 38.9. The molecule has 0 radical (unpaired) electrons. The van der Waals surface area contributed by atoms with Gasteiger partial charge in [-0.1, -0.05) is 36.2 Å². The van der Waals surface area contributed by atoms with Crippen molar-refractivity contribution in [3.05, 3.63) is 77.1 Å². The number of aliphatic hydroxyl groups is 5. The van der Waals surface area contributed by atoms with E-state index in [4.69, 9.17) is 26.2 Å². The average molecular weight is 748 g/mol. The lowest BCUT2D eigenvalue weighted by Gasteiger charge is -2.28. The smallest absolute Gasteiger partial charge is 0.315 e. The quantitative estimate of drug-likeness (QED) is 0.0837. The van der Waals surface area contributed by atoms with E-state index in [1.54, 1.807) is 18.3 Å². The summed E-state index contributed by atoms with van der Waals surface area (Å²) in [7, 11) is -3.65. The number of aromatic nitrogens is 1. The van der Waals surface area contributed by atoms with Gasteiger partial charge in [0.25, 0.3) is 0 Å². The molecule has 2 aliphatic rings. The van der Waals surface area contributed by atoms with Gasteiger partial charge in [-0.25, -0.2) is 13.2 Å². The summed E-state index contributed by atoms with van der Waals surface area (Å²) in [5.41, 5.74) is 2.89. The number of hydrogen-bond donors (Lipinski definition) is 7. The summed E-state index contributed by atoms with van der Waals surface area (Å²) in [6, 6.07) is 12.5. The van der Waals surface area contributed by atoms with Crippen molar-refractivity contribution >= 4 is 27.5 Å². The van der Waals surface area contributed by atoms with Crippen LogP contribution in [0.25, 0.3) is 11.1 Å². The first-order valence-corrected chi connectivity index (χ1v) is 19.2. The van der Waals surface area contributed by atoms with Crippen molar-refractivity contribution in [2.24, 2.45) is 0 Å². The van der Waals surface area contributed by atoms with Crippen LogP contribution in [0, 0.1) is 0 Å². The minimum atomic E-state index is -3.65. The Labute approximate surface area is 302 Å². The van der Waals surface area contributed by atoms with Gasteiger partial charge >= 0.3 is 6.03 Å². The summed E-state index contributed by atoms with van der Waals surface area (Å²) in [5, 5.41) is 53.0. The third-order valence-electron chi connectivity index (χ3n) is 9.12. The summed E-state index contributed by atoms with van der Waals surface area (Å²) in [4.78, 5) is 16.7. The Kier molecular flexibility index (Phi) is 13.3. The van der Waals surface area contributed by atoms with E-state index in [0.717, 1.165) is 48.1 Å². The number of benzene rings is 2. The Balaban J connectivity index is 1.12. The van der Waals surface area contributed by atoms with Gasteiger partial charge in [-0.05, 0) is 80.0 Å². The summed E-state index contributed by atoms with van der Waals surface area (Å²) in [5.74, 6) is 0.712. The molecular weight excluding hydrogens is 702 g/mol. The minimum Gasteiger partial charge on any atom is -0.490 e. The molecular formula is C36H46ClN3O10S. The number of halogens is 1.